The second-order valence-electron chi connectivity index (χ2n) is 7.54. The van der Waals surface area contributed by atoms with E-state index in [-0.39, 0.29) is 17.3 Å². The first-order valence-electron chi connectivity index (χ1n) is 10.3. The molecule has 7 heteroatoms. The highest BCUT2D eigenvalue weighted by Crippen LogP contribution is 2.30. The summed E-state index contributed by atoms with van der Waals surface area (Å²) >= 11 is 0. The minimum Gasteiger partial charge on any atom is -0.322 e. The third-order valence-electron chi connectivity index (χ3n) is 5.44. The number of benzene rings is 2. The van der Waals surface area contributed by atoms with Crippen molar-refractivity contribution in [1.29, 1.82) is 0 Å². The Balaban J connectivity index is 1.58. The van der Waals surface area contributed by atoms with Gasteiger partial charge in [-0.05, 0) is 43.3 Å². The summed E-state index contributed by atoms with van der Waals surface area (Å²) in [4.78, 5) is 21.7. The molecule has 3 heterocycles. The van der Waals surface area contributed by atoms with Gasteiger partial charge in [0.25, 0.3) is 5.91 Å². The fourth-order valence-corrected chi connectivity index (χ4v) is 3.77. The maximum absolute atomic E-state index is 14.4. The summed E-state index contributed by atoms with van der Waals surface area (Å²) in [6, 6.07) is 18.6. The van der Waals surface area contributed by atoms with Crippen molar-refractivity contribution < 1.29 is 13.6 Å². The van der Waals surface area contributed by atoms with Crippen LogP contribution in [-0.4, -0.2) is 20.3 Å². The predicted octanol–water partition coefficient (Wildman–Crippen LogP) is 5.90. The zero-order valence-electron chi connectivity index (χ0n) is 17.6. The minimum atomic E-state index is -0.952. The topological polar surface area (TPSA) is 59.3 Å². The van der Waals surface area contributed by atoms with E-state index < -0.39 is 11.6 Å². The van der Waals surface area contributed by atoms with Crippen LogP contribution >= 0.6 is 0 Å². The molecule has 162 valence electrons. The largest absolute Gasteiger partial charge is 0.322 e. The zero-order chi connectivity index (χ0) is 22.9. The Hall–Kier alpha value is -4.39. The van der Waals surface area contributed by atoms with Gasteiger partial charge in [-0.15, -0.1) is 0 Å². The number of halogens is 2. The molecule has 5 rings (SSSR count). The number of rotatable bonds is 4. The number of carbonyl (C=O) groups is 1. The molecular formula is C26H18F2N4O. The van der Waals surface area contributed by atoms with Gasteiger partial charge in [0.1, 0.15) is 5.82 Å². The van der Waals surface area contributed by atoms with E-state index in [9.17, 15) is 13.6 Å². The number of pyridine rings is 2. The Kier molecular flexibility index (Phi) is 5.14. The maximum atomic E-state index is 14.4. The second-order valence-corrected chi connectivity index (χ2v) is 7.54. The molecule has 0 atom stereocenters. The lowest BCUT2D eigenvalue weighted by atomic mass is 10.0. The predicted molar refractivity (Wildman–Crippen MR) is 123 cm³/mol. The van der Waals surface area contributed by atoms with E-state index in [4.69, 9.17) is 0 Å². The molecule has 0 aliphatic rings. The molecule has 1 N–H and O–H groups in total. The molecule has 0 bridgehead atoms. The lowest BCUT2D eigenvalue weighted by Crippen LogP contribution is -2.14. The Morgan fingerprint density at radius 1 is 0.909 bits per heavy atom. The average Bonchev–Trinajstić information content (AvgIpc) is 3.26. The van der Waals surface area contributed by atoms with Crippen molar-refractivity contribution in [1.82, 2.24) is 14.4 Å². The number of para-hydroxylation sites is 1. The summed E-state index contributed by atoms with van der Waals surface area (Å²) in [6.07, 6.45) is 5.01. The molecule has 0 saturated heterocycles. The van der Waals surface area contributed by atoms with Crippen molar-refractivity contribution in [2.45, 2.75) is 6.92 Å². The van der Waals surface area contributed by atoms with Crippen molar-refractivity contribution in [3.05, 3.63) is 108 Å². The lowest BCUT2D eigenvalue weighted by Gasteiger charge is -2.11. The van der Waals surface area contributed by atoms with Crippen molar-refractivity contribution in [2.75, 3.05) is 5.32 Å². The van der Waals surface area contributed by atoms with Crippen molar-refractivity contribution >= 4 is 17.1 Å². The van der Waals surface area contributed by atoms with Gasteiger partial charge in [-0.25, -0.2) is 13.8 Å². The summed E-state index contributed by atoms with van der Waals surface area (Å²) < 4.78 is 29.9. The number of imidazole rings is 1. The van der Waals surface area contributed by atoms with Crippen LogP contribution in [0.2, 0.25) is 0 Å². The quantitative estimate of drug-likeness (QED) is 0.378. The normalized spacial score (nSPS) is 11.0. The number of amides is 1. The van der Waals surface area contributed by atoms with Crippen LogP contribution in [0.4, 0.5) is 14.5 Å². The number of hydrogen-bond donors (Lipinski definition) is 1. The minimum absolute atomic E-state index is 0.0668. The average molecular weight is 440 g/mol. The number of nitrogens with one attached hydrogen (secondary N) is 1. The smallest absolute Gasteiger partial charge is 0.257 e. The Morgan fingerprint density at radius 3 is 2.52 bits per heavy atom. The van der Waals surface area contributed by atoms with Gasteiger partial charge in [0.05, 0.1) is 28.5 Å². The molecule has 3 aromatic heterocycles. The number of fused-ring (bicyclic) bond motifs is 1. The molecule has 0 aliphatic carbocycles. The third-order valence-corrected chi connectivity index (χ3v) is 5.44. The fourth-order valence-electron chi connectivity index (χ4n) is 3.77. The zero-order valence-corrected chi connectivity index (χ0v) is 17.6. The van der Waals surface area contributed by atoms with Gasteiger partial charge in [-0.2, -0.15) is 0 Å². The number of anilines is 1. The monoisotopic (exact) mass is 440 g/mol. The van der Waals surface area contributed by atoms with E-state index in [1.165, 1.54) is 12.1 Å². The second kappa shape index (κ2) is 8.27. The highest BCUT2D eigenvalue weighted by molar-refractivity contribution is 6.05. The molecule has 33 heavy (non-hydrogen) atoms. The van der Waals surface area contributed by atoms with E-state index in [1.54, 1.807) is 42.0 Å². The molecule has 0 fully saturated rings. The molecule has 0 aliphatic heterocycles. The molecule has 0 radical (unpaired) electrons. The van der Waals surface area contributed by atoms with Crippen LogP contribution in [0.15, 0.2) is 85.3 Å². The molecular weight excluding hydrogens is 422 g/mol. The van der Waals surface area contributed by atoms with Gasteiger partial charge < -0.3 is 5.32 Å². The number of aryl methyl sites for hydroxylation is 1. The molecule has 5 aromatic rings. The molecule has 5 nitrogen and oxygen atoms in total. The SMILES string of the molecule is Cc1ncc(-c2cccn3c(-c4cccc(F)c4F)ncc23)cc1C(=O)Nc1ccccc1. The van der Waals surface area contributed by atoms with Crippen LogP contribution in [0.25, 0.3) is 28.0 Å². The molecule has 0 spiro atoms. The standard InChI is InChI=1S/C26H18F2N4O/c1-16-21(26(33)31-18-7-3-2-4-8-18)13-17(14-29-16)19-10-6-12-32-23(19)15-30-25(32)20-9-5-11-22(27)24(20)28/h2-15H,1H3,(H,31,33). The Labute approximate surface area is 188 Å². The van der Waals surface area contributed by atoms with Crippen LogP contribution in [0.5, 0.6) is 0 Å². The van der Waals surface area contributed by atoms with Crippen molar-refractivity contribution in [2.24, 2.45) is 0 Å². The lowest BCUT2D eigenvalue weighted by molar-refractivity contribution is 0.102. The molecule has 2 aromatic carbocycles. The van der Waals surface area contributed by atoms with Gasteiger partial charge in [-0.3, -0.25) is 14.2 Å². The Morgan fingerprint density at radius 2 is 1.70 bits per heavy atom. The maximum Gasteiger partial charge on any atom is 0.257 e. The van der Waals surface area contributed by atoms with Crippen molar-refractivity contribution in [3.63, 3.8) is 0 Å². The first-order chi connectivity index (χ1) is 16.0. The van der Waals surface area contributed by atoms with E-state index in [2.05, 4.69) is 15.3 Å². The molecule has 1 amide bonds. The third kappa shape index (κ3) is 3.74. The van der Waals surface area contributed by atoms with E-state index in [0.717, 1.165) is 11.6 Å². The molecule has 0 unspecified atom stereocenters. The van der Waals surface area contributed by atoms with Gasteiger partial charge >= 0.3 is 0 Å². The number of carbonyl (C=O) groups excluding carboxylic acids is 1. The number of hydrogen-bond acceptors (Lipinski definition) is 3. The fraction of sp³-hybridized carbons (Fsp3) is 0.0385. The van der Waals surface area contributed by atoms with Crippen LogP contribution in [0.1, 0.15) is 16.1 Å². The summed E-state index contributed by atoms with van der Waals surface area (Å²) in [5.74, 6) is -1.87. The van der Waals surface area contributed by atoms with Crippen LogP contribution < -0.4 is 5.32 Å². The van der Waals surface area contributed by atoms with Crippen LogP contribution in [-0.2, 0) is 0 Å². The highest BCUT2D eigenvalue weighted by Gasteiger charge is 2.18. The Bertz CT molecular complexity index is 1500. The van der Waals surface area contributed by atoms with Crippen molar-refractivity contribution in [3.8, 4) is 22.5 Å². The van der Waals surface area contributed by atoms with E-state index >= 15 is 0 Å². The van der Waals surface area contributed by atoms with Gasteiger partial charge in [0.2, 0.25) is 0 Å². The summed E-state index contributed by atoms with van der Waals surface area (Å²) in [5, 5.41) is 2.88. The summed E-state index contributed by atoms with van der Waals surface area (Å²) in [5.41, 5.74) is 3.93. The number of aromatic nitrogens is 3. The van der Waals surface area contributed by atoms with Crippen LogP contribution in [0.3, 0.4) is 0 Å². The summed E-state index contributed by atoms with van der Waals surface area (Å²) in [7, 11) is 0. The number of nitrogens with zero attached hydrogens (tertiary/aromatic N) is 3. The molecule has 0 saturated carbocycles. The van der Waals surface area contributed by atoms with E-state index in [0.29, 0.717) is 28.0 Å². The van der Waals surface area contributed by atoms with Gasteiger partial charge in [0, 0.05) is 29.2 Å². The van der Waals surface area contributed by atoms with Gasteiger partial charge in [0.15, 0.2) is 11.6 Å². The summed E-state index contributed by atoms with van der Waals surface area (Å²) in [6.45, 7) is 1.77. The van der Waals surface area contributed by atoms with Gasteiger partial charge in [-0.1, -0.05) is 30.3 Å². The first kappa shape index (κ1) is 20.5. The highest BCUT2D eigenvalue weighted by atomic mass is 19.2. The first-order valence-corrected chi connectivity index (χ1v) is 10.3. The van der Waals surface area contributed by atoms with E-state index in [1.807, 2.05) is 36.4 Å². The van der Waals surface area contributed by atoms with Crippen LogP contribution in [0, 0.1) is 18.6 Å².